The van der Waals surface area contributed by atoms with Gasteiger partial charge in [-0.15, -0.1) is 0 Å². The lowest BCUT2D eigenvalue weighted by atomic mass is 9.98. The Morgan fingerprint density at radius 3 is 2.41 bits per heavy atom. The van der Waals surface area contributed by atoms with Crippen LogP contribution in [0.1, 0.15) is 16.7 Å². The lowest BCUT2D eigenvalue weighted by Crippen LogP contribution is -2.13. The van der Waals surface area contributed by atoms with Crippen LogP contribution >= 0.6 is 0 Å². The molecule has 0 radical (unpaired) electrons. The van der Waals surface area contributed by atoms with Crippen LogP contribution in [0.15, 0.2) is 96.7 Å². The molecule has 29 heavy (non-hydrogen) atoms. The van der Waals surface area contributed by atoms with Crippen LogP contribution < -0.4 is 0 Å². The van der Waals surface area contributed by atoms with Gasteiger partial charge in [-0.1, -0.05) is 84.0 Å². The van der Waals surface area contributed by atoms with Crippen LogP contribution in [-0.4, -0.2) is 20.5 Å². The van der Waals surface area contributed by atoms with Gasteiger partial charge in [-0.25, -0.2) is 9.67 Å². The van der Waals surface area contributed by atoms with Crippen molar-refractivity contribution in [3.8, 4) is 11.1 Å². The second-order valence-corrected chi connectivity index (χ2v) is 6.78. The molecule has 0 atom stereocenters. The molecule has 4 rings (SSSR count). The SMILES string of the molecule is Cc1ccccc1-c1ccc(/C(Cn2cncn2)=N\OCc2ccccc2)cc1. The van der Waals surface area contributed by atoms with E-state index in [0.29, 0.717) is 13.2 Å². The van der Waals surface area contributed by atoms with E-state index in [2.05, 4.69) is 70.7 Å². The van der Waals surface area contributed by atoms with Gasteiger partial charge in [-0.2, -0.15) is 5.10 Å². The second kappa shape index (κ2) is 8.97. The van der Waals surface area contributed by atoms with Gasteiger partial charge in [-0.3, -0.25) is 0 Å². The maximum absolute atomic E-state index is 5.65. The average Bonchev–Trinajstić information content (AvgIpc) is 3.28. The fourth-order valence-electron chi connectivity index (χ4n) is 3.14. The lowest BCUT2D eigenvalue weighted by Gasteiger charge is -2.10. The monoisotopic (exact) mass is 382 g/mol. The quantitative estimate of drug-likeness (QED) is 0.338. The first-order valence-electron chi connectivity index (χ1n) is 9.51. The molecule has 4 aromatic rings. The van der Waals surface area contributed by atoms with Gasteiger partial charge in [0.25, 0.3) is 0 Å². The second-order valence-electron chi connectivity index (χ2n) is 6.78. The maximum atomic E-state index is 5.65. The Morgan fingerprint density at radius 2 is 1.69 bits per heavy atom. The summed E-state index contributed by atoms with van der Waals surface area (Å²) in [6, 6.07) is 26.8. The molecule has 0 aliphatic carbocycles. The summed E-state index contributed by atoms with van der Waals surface area (Å²) < 4.78 is 1.74. The Hall–Kier alpha value is -3.73. The minimum atomic E-state index is 0.420. The maximum Gasteiger partial charge on any atom is 0.142 e. The van der Waals surface area contributed by atoms with E-state index in [-0.39, 0.29) is 0 Å². The largest absolute Gasteiger partial charge is 0.391 e. The summed E-state index contributed by atoms with van der Waals surface area (Å²) >= 11 is 0. The molecular weight excluding hydrogens is 360 g/mol. The molecule has 5 nitrogen and oxygen atoms in total. The summed E-state index contributed by atoms with van der Waals surface area (Å²) in [6.45, 7) is 3.03. The van der Waals surface area contributed by atoms with Crippen LogP contribution in [0.25, 0.3) is 11.1 Å². The van der Waals surface area contributed by atoms with Crippen molar-refractivity contribution < 1.29 is 4.84 Å². The number of oxime groups is 1. The fraction of sp³-hybridized carbons (Fsp3) is 0.125. The van der Waals surface area contributed by atoms with Gasteiger partial charge in [0.2, 0.25) is 0 Å². The zero-order chi connectivity index (χ0) is 19.9. The highest BCUT2D eigenvalue weighted by Crippen LogP contribution is 2.23. The third kappa shape index (κ3) is 4.76. The van der Waals surface area contributed by atoms with Gasteiger partial charge in [0.1, 0.15) is 25.0 Å². The minimum Gasteiger partial charge on any atom is -0.391 e. The van der Waals surface area contributed by atoms with Crippen LogP contribution in [-0.2, 0) is 18.0 Å². The highest BCUT2D eigenvalue weighted by Gasteiger charge is 2.09. The number of hydrogen-bond acceptors (Lipinski definition) is 4. The first-order valence-corrected chi connectivity index (χ1v) is 9.51. The predicted octanol–water partition coefficient (Wildman–Crippen LogP) is 4.87. The molecule has 0 unspecified atom stereocenters. The van der Waals surface area contributed by atoms with Crippen molar-refractivity contribution in [3.05, 3.63) is 108 Å². The van der Waals surface area contributed by atoms with Crippen molar-refractivity contribution >= 4 is 5.71 Å². The Labute approximate surface area is 170 Å². The Kier molecular flexibility index (Phi) is 5.76. The third-order valence-electron chi connectivity index (χ3n) is 4.70. The summed E-state index contributed by atoms with van der Waals surface area (Å²) in [5, 5.41) is 8.61. The lowest BCUT2D eigenvalue weighted by molar-refractivity contribution is 0.130. The summed E-state index contributed by atoms with van der Waals surface area (Å²) in [6.07, 6.45) is 3.19. The zero-order valence-electron chi connectivity index (χ0n) is 16.3. The third-order valence-corrected chi connectivity index (χ3v) is 4.70. The molecular formula is C24H22N4O. The van der Waals surface area contributed by atoms with E-state index in [1.807, 2.05) is 30.3 Å². The van der Waals surface area contributed by atoms with E-state index >= 15 is 0 Å². The Morgan fingerprint density at radius 1 is 0.931 bits per heavy atom. The molecule has 0 N–H and O–H groups in total. The van der Waals surface area contributed by atoms with Crippen LogP contribution in [0.3, 0.4) is 0 Å². The molecule has 144 valence electrons. The molecule has 3 aromatic carbocycles. The standard InChI is InChI=1S/C24H22N4O/c1-19-7-5-6-10-23(19)21-11-13-22(14-12-21)24(15-28-18-25-17-26-28)27-29-16-20-8-3-2-4-9-20/h2-14,17-18H,15-16H2,1H3/b27-24-. The van der Waals surface area contributed by atoms with Crippen LogP contribution in [0.4, 0.5) is 0 Å². The normalized spacial score (nSPS) is 11.4. The number of nitrogens with zero attached hydrogens (tertiary/aromatic N) is 4. The van der Waals surface area contributed by atoms with Gasteiger partial charge >= 0.3 is 0 Å². The summed E-state index contributed by atoms with van der Waals surface area (Å²) in [7, 11) is 0. The summed E-state index contributed by atoms with van der Waals surface area (Å²) in [4.78, 5) is 9.66. The molecule has 1 aromatic heterocycles. The van der Waals surface area contributed by atoms with Crippen LogP contribution in [0, 0.1) is 6.92 Å². The van der Waals surface area contributed by atoms with Crippen LogP contribution in [0.2, 0.25) is 0 Å². The van der Waals surface area contributed by atoms with Crippen molar-refractivity contribution in [1.82, 2.24) is 14.8 Å². The number of benzene rings is 3. The minimum absolute atomic E-state index is 0.420. The van der Waals surface area contributed by atoms with Crippen molar-refractivity contribution in [2.45, 2.75) is 20.1 Å². The van der Waals surface area contributed by atoms with Crippen LogP contribution in [0.5, 0.6) is 0 Å². The molecule has 0 aliphatic heterocycles. The van der Waals surface area contributed by atoms with E-state index in [1.54, 1.807) is 11.0 Å². The van der Waals surface area contributed by atoms with Gasteiger partial charge in [0, 0.05) is 5.56 Å². The first-order chi connectivity index (χ1) is 14.3. The Balaban J connectivity index is 1.56. The highest BCUT2D eigenvalue weighted by molar-refractivity contribution is 6.00. The van der Waals surface area contributed by atoms with E-state index in [0.717, 1.165) is 16.8 Å². The molecule has 0 spiro atoms. The Bertz CT molecular complexity index is 1070. The molecule has 0 saturated heterocycles. The summed E-state index contributed by atoms with van der Waals surface area (Å²) in [5.41, 5.74) is 6.52. The fourth-order valence-corrected chi connectivity index (χ4v) is 3.14. The number of aromatic nitrogens is 3. The first kappa shape index (κ1) is 18.6. The molecule has 1 heterocycles. The molecule has 0 aliphatic rings. The smallest absolute Gasteiger partial charge is 0.142 e. The average molecular weight is 382 g/mol. The molecule has 0 amide bonds. The van der Waals surface area contributed by atoms with E-state index in [1.165, 1.54) is 23.0 Å². The number of rotatable bonds is 7. The van der Waals surface area contributed by atoms with E-state index in [9.17, 15) is 0 Å². The van der Waals surface area contributed by atoms with E-state index < -0.39 is 0 Å². The molecule has 5 heteroatoms. The van der Waals surface area contributed by atoms with Gasteiger partial charge in [0.05, 0.1) is 6.54 Å². The zero-order valence-corrected chi connectivity index (χ0v) is 16.3. The van der Waals surface area contributed by atoms with Crippen molar-refractivity contribution in [1.29, 1.82) is 0 Å². The molecule has 0 saturated carbocycles. The van der Waals surface area contributed by atoms with Crippen molar-refractivity contribution in [2.24, 2.45) is 5.16 Å². The number of hydrogen-bond donors (Lipinski definition) is 0. The number of aryl methyl sites for hydroxylation is 1. The molecule has 0 fully saturated rings. The summed E-state index contributed by atoms with van der Waals surface area (Å²) in [5.74, 6) is 0. The van der Waals surface area contributed by atoms with Crippen molar-refractivity contribution in [3.63, 3.8) is 0 Å². The molecule has 0 bridgehead atoms. The topological polar surface area (TPSA) is 52.3 Å². The van der Waals surface area contributed by atoms with Gasteiger partial charge < -0.3 is 4.84 Å². The van der Waals surface area contributed by atoms with E-state index in [4.69, 9.17) is 4.84 Å². The van der Waals surface area contributed by atoms with Gasteiger partial charge in [-0.05, 0) is 29.2 Å². The van der Waals surface area contributed by atoms with Gasteiger partial charge in [0.15, 0.2) is 0 Å². The highest BCUT2D eigenvalue weighted by atomic mass is 16.6. The predicted molar refractivity (Wildman–Crippen MR) is 114 cm³/mol. The van der Waals surface area contributed by atoms with Crippen molar-refractivity contribution in [2.75, 3.05) is 0 Å².